The largest absolute Gasteiger partial charge is 0.472 e. The fourth-order valence-electron chi connectivity index (χ4n) is 8.49. The normalized spacial score (nSPS) is 40.8. The zero-order valence-corrected chi connectivity index (χ0v) is 25.7. The van der Waals surface area contributed by atoms with Crippen LogP contribution in [0.25, 0.3) is 0 Å². The maximum atomic E-state index is 11.9. The van der Waals surface area contributed by atoms with Crippen LogP contribution >= 0.6 is 11.8 Å². The van der Waals surface area contributed by atoms with Crippen LogP contribution in [0, 0.1) is 28.6 Å². The first kappa shape index (κ1) is 27.1. The molecule has 0 saturated heterocycles. The molecule has 3 nitrogen and oxygen atoms in total. The Balaban J connectivity index is 1.23. The number of allylic oxidation sites excluding steroid dienone is 2. The Kier molecular flexibility index (Phi) is 7.01. The number of hydrogen-bond acceptors (Lipinski definition) is 4. The summed E-state index contributed by atoms with van der Waals surface area (Å²) in [5, 5.41) is 13.0. The van der Waals surface area contributed by atoms with Crippen molar-refractivity contribution >= 4 is 20.1 Å². The van der Waals surface area contributed by atoms with Gasteiger partial charge < -0.3 is 13.9 Å². The minimum Gasteiger partial charge on any atom is -0.472 e. The van der Waals surface area contributed by atoms with Crippen LogP contribution in [-0.2, 0) is 10.0 Å². The summed E-state index contributed by atoms with van der Waals surface area (Å²) in [5.74, 6) is 3.21. The summed E-state index contributed by atoms with van der Waals surface area (Å²) in [4.78, 5) is 0. The molecule has 3 fully saturated rings. The van der Waals surface area contributed by atoms with Crippen LogP contribution in [0.2, 0.25) is 18.1 Å². The summed E-state index contributed by atoms with van der Waals surface area (Å²) in [6.07, 6.45) is 15.7. The van der Waals surface area contributed by atoms with E-state index < -0.39 is 13.9 Å². The van der Waals surface area contributed by atoms with Gasteiger partial charge in [-0.3, -0.25) is 0 Å². The van der Waals surface area contributed by atoms with Gasteiger partial charge in [0.05, 0.1) is 18.1 Å². The highest BCUT2D eigenvalue weighted by Gasteiger charge is 2.64. The van der Waals surface area contributed by atoms with Crippen LogP contribution in [0.5, 0.6) is 0 Å². The third-order valence-electron chi connectivity index (χ3n) is 11.9. The predicted octanol–water partition coefficient (Wildman–Crippen LogP) is 8.55. The minimum absolute atomic E-state index is 0.0447. The Morgan fingerprint density at radius 2 is 1.86 bits per heavy atom. The second-order valence-electron chi connectivity index (χ2n) is 14.5. The molecule has 0 bridgehead atoms. The first-order valence-electron chi connectivity index (χ1n) is 14.5. The smallest absolute Gasteiger partial charge is 0.192 e. The van der Waals surface area contributed by atoms with Crippen molar-refractivity contribution in [3.63, 3.8) is 0 Å². The third kappa shape index (κ3) is 4.23. The van der Waals surface area contributed by atoms with Gasteiger partial charge in [0.2, 0.25) is 0 Å². The molecule has 4 aliphatic carbocycles. The van der Waals surface area contributed by atoms with Crippen molar-refractivity contribution in [1.29, 1.82) is 0 Å². The molecule has 0 aliphatic heterocycles. The second kappa shape index (κ2) is 9.31. The van der Waals surface area contributed by atoms with Gasteiger partial charge in [-0.05, 0) is 98.7 Å². The fourth-order valence-corrected chi connectivity index (χ4v) is 10.8. The summed E-state index contributed by atoms with van der Waals surface area (Å²) in [7, 11) is -1.64. The van der Waals surface area contributed by atoms with E-state index in [0.29, 0.717) is 17.3 Å². The van der Waals surface area contributed by atoms with Gasteiger partial charge in [-0.15, -0.1) is 0 Å². The average Bonchev–Trinajstić information content (AvgIpc) is 3.44. The third-order valence-corrected chi connectivity index (χ3v) is 17.7. The molecule has 7 atom stereocenters. The van der Waals surface area contributed by atoms with Crippen LogP contribution in [-0.4, -0.2) is 31.0 Å². The molecule has 2 unspecified atom stereocenters. The van der Waals surface area contributed by atoms with E-state index >= 15 is 0 Å². The summed E-state index contributed by atoms with van der Waals surface area (Å²) in [5.41, 5.74) is 2.33. The molecule has 36 heavy (non-hydrogen) atoms. The van der Waals surface area contributed by atoms with Crippen molar-refractivity contribution in [2.45, 2.75) is 115 Å². The van der Waals surface area contributed by atoms with E-state index in [-0.39, 0.29) is 10.5 Å². The highest BCUT2D eigenvalue weighted by Crippen LogP contribution is 2.69. The van der Waals surface area contributed by atoms with Crippen LogP contribution in [0.3, 0.4) is 0 Å². The molecule has 3 saturated carbocycles. The Hall–Kier alpha value is -0.493. The summed E-state index contributed by atoms with van der Waals surface area (Å²) in [6, 6.07) is 2.00. The molecule has 202 valence electrons. The van der Waals surface area contributed by atoms with E-state index in [1.165, 1.54) is 32.1 Å². The quantitative estimate of drug-likeness (QED) is 0.227. The standard InChI is InChI=1S/C31H50O3SSi/c1-28(2,3)36(6,7)34-18-19-35-24-10-14-29(4)22(20-24)8-9-25-26(29)11-15-30(5)27(25)12-16-31(30,32)23-13-17-33-21-23/h8,13,17,21,24-27,32H,9-12,14-16,18-20H2,1-7H3/t24?,25-,26-,27+,29+,30+,31?/m1/s1. The number of hydrogen-bond donors (Lipinski definition) is 1. The summed E-state index contributed by atoms with van der Waals surface area (Å²) >= 11 is 2.16. The van der Waals surface area contributed by atoms with Gasteiger partial charge in [-0.2, -0.15) is 11.8 Å². The Morgan fingerprint density at radius 1 is 1.11 bits per heavy atom. The number of fused-ring (bicyclic) bond motifs is 5. The molecule has 5 heteroatoms. The minimum atomic E-state index is -1.64. The van der Waals surface area contributed by atoms with E-state index in [9.17, 15) is 5.11 Å². The number of thioether (sulfide) groups is 1. The van der Waals surface area contributed by atoms with E-state index in [2.05, 4.69) is 65.6 Å². The van der Waals surface area contributed by atoms with E-state index in [4.69, 9.17) is 8.84 Å². The van der Waals surface area contributed by atoms with Crippen LogP contribution < -0.4 is 0 Å². The zero-order chi connectivity index (χ0) is 26.0. The molecule has 5 rings (SSSR count). The average molecular weight is 531 g/mol. The molecule has 0 radical (unpaired) electrons. The van der Waals surface area contributed by atoms with E-state index in [0.717, 1.165) is 48.4 Å². The number of aliphatic hydroxyl groups is 1. The summed E-state index contributed by atoms with van der Waals surface area (Å²) in [6.45, 7) is 17.6. The van der Waals surface area contributed by atoms with Crippen molar-refractivity contribution in [2.24, 2.45) is 28.6 Å². The lowest BCUT2D eigenvalue weighted by Crippen LogP contribution is -2.53. The van der Waals surface area contributed by atoms with E-state index in [1.54, 1.807) is 18.1 Å². The lowest BCUT2D eigenvalue weighted by Gasteiger charge is -2.59. The number of rotatable bonds is 6. The monoisotopic (exact) mass is 530 g/mol. The second-order valence-corrected chi connectivity index (χ2v) is 20.7. The molecule has 1 N–H and O–H groups in total. The van der Waals surface area contributed by atoms with Crippen molar-refractivity contribution < 1.29 is 13.9 Å². The van der Waals surface area contributed by atoms with Gasteiger partial charge in [0.15, 0.2) is 8.32 Å². The van der Waals surface area contributed by atoms with Gasteiger partial charge in [-0.1, -0.05) is 46.3 Å². The highest BCUT2D eigenvalue weighted by atomic mass is 32.2. The van der Waals surface area contributed by atoms with Crippen molar-refractivity contribution in [3.8, 4) is 0 Å². The van der Waals surface area contributed by atoms with Crippen molar-refractivity contribution in [1.82, 2.24) is 0 Å². The van der Waals surface area contributed by atoms with Gasteiger partial charge in [0.25, 0.3) is 0 Å². The number of furan rings is 1. The van der Waals surface area contributed by atoms with Gasteiger partial charge >= 0.3 is 0 Å². The van der Waals surface area contributed by atoms with Gasteiger partial charge in [-0.25, -0.2) is 0 Å². The molecular formula is C31H50O3SSi. The SMILES string of the molecule is CC(C)(C)[Si](C)(C)OCCSC1CC[C@@]2(C)C(=CC[C@@H]3[C@H]2CC[C@@]2(C)[C@H]3CCC2(O)c2ccoc2)C1. The Morgan fingerprint density at radius 3 is 2.56 bits per heavy atom. The molecule has 1 aromatic heterocycles. The lowest BCUT2D eigenvalue weighted by molar-refractivity contribution is -0.128. The first-order chi connectivity index (χ1) is 16.8. The molecule has 1 heterocycles. The molecule has 0 spiro atoms. The molecule has 0 aromatic carbocycles. The highest BCUT2D eigenvalue weighted by molar-refractivity contribution is 7.99. The van der Waals surface area contributed by atoms with Crippen LogP contribution in [0.15, 0.2) is 34.7 Å². The molecule has 1 aromatic rings. The summed E-state index contributed by atoms with van der Waals surface area (Å²) < 4.78 is 11.9. The first-order valence-corrected chi connectivity index (χ1v) is 18.5. The topological polar surface area (TPSA) is 42.6 Å². The van der Waals surface area contributed by atoms with Gasteiger partial charge in [0.1, 0.15) is 0 Å². The predicted molar refractivity (Wildman–Crippen MR) is 154 cm³/mol. The van der Waals surface area contributed by atoms with Crippen LogP contribution in [0.4, 0.5) is 0 Å². The van der Waals surface area contributed by atoms with E-state index in [1.807, 2.05) is 6.07 Å². The zero-order valence-electron chi connectivity index (χ0n) is 23.9. The van der Waals surface area contributed by atoms with Crippen LogP contribution in [0.1, 0.15) is 91.5 Å². The maximum Gasteiger partial charge on any atom is 0.192 e. The Bertz CT molecular complexity index is 965. The molecule has 4 aliphatic rings. The fraction of sp³-hybridized carbons (Fsp3) is 0.806. The van der Waals surface area contributed by atoms with Gasteiger partial charge in [0, 0.05) is 28.6 Å². The Labute approximate surface area is 225 Å². The molecule has 0 amide bonds. The molecular weight excluding hydrogens is 480 g/mol. The lowest BCUT2D eigenvalue weighted by atomic mass is 9.47. The maximum absolute atomic E-state index is 11.9. The van der Waals surface area contributed by atoms with Crippen molar-refractivity contribution in [2.75, 3.05) is 12.4 Å². The van der Waals surface area contributed by atoms with Crippen molar-refractivity contribution in [3.05, 3.63) is 35.8 Å².